The van der Waals surface area contributed by atoms with Crippen molar-refractivity contribution in [3.05, 3.63) is 30.0 Å². The predicted octanol–water partition coefficient (Wildman–Crippen LogP) is 3.20. The molecule has 3 rings (SSSR count). The molecule has 1 N–H and O–H groups in total. The Labute approximate surface area is 195 Å². The van der Waals surface area contributed by atoms with Crippen LogP contribution in [0.5, 0.6) is 0 Å². The van der Waals surface area contributed by atoms with Gasteiger partial charge in [-0.1, -0.05) is 19.9 Å². The standard InChI is InChI=1S/C24H36N4O5/c1-9-24(6,7)27-17(13(2)3)22(29)28-12-10-11-16(28)20-25-18(14(4)32-20)21-26-19(15(5)33-21)23(30)31-8/h9,13-14,16-18,27H,1,10-12H2,2-8H3/t14-,16-,17-,18-/m0/s1. The van der Waals surface area contributed by atoms with Crippen LogP contribution in [0.2, 0.25) is 0 Å². The molecule has 2 aliphatic heterocycles. The monoisotopic (exact) mass is 460 g/mol. The van der Waals surface area contributed by atoms with Gasteiger partial charge in [0.1, 0.15) is 17.9 Å². The van der Waals surface area contributed by atoms with Gasteiger partial charge in [-0.2, -0.15) is 0 Å². The second-order valence-corrected chi connectivity index (χ2v) is 9.67. The summed E-state index contributed by atoms with van der Waals surface area (Å²) in [6.07, 6.45) is 3.13. The molecule has 0 bridgehead atoms. The van der Waals surface area contributed by atoms with Crippen LogP contribution in [0.4, 0.5) is 0 Å². The van der Waals surface area contributed by atoms with E-state index in [1.165, 1.54) is 7.11 Å². The van der Waals surface area contributed by atoms with Gasteiger partial charge in [-0.15, -0.1) is 6.58 Å². The first-order valence-electron chi connectivity index (χ1n) is 11.5. The second kappa shape index (κ2) is 9.67. The van der Waals surface area contributed by atoms with E-state index < -0.39 is 12.0 Å². The average molecular weight is 461 g/mol. The number of oxazole rings is 1. The molecule has 0 spiro atoms. The number of aromatic nitrogens is 1. The molecule has 0 aliphatic carbocycles. The highest BCUT2D eigenvalue weighted by atomic mass is 16.5. The van der Waals surface area contributed by atoms with Crippen LogP contribution in [0, 0.1) is 12.8 Å². The Balaban J connectivity index is 1.83. The van der Waals surface area contributed by atoms with Crippen LogP contribution in [0.1, 0.15) is 75.6 Å². The van der Waals surface area contributed by atoms with E-state index in [1.807, 2.05) is 45.6 Å². The zero-order chi connectivity index (χ0) is 24.5. The smallest absolute Gasteiger partial charge is 0.360 e. The van der Waals surface area contributed by atoms with Crippen LogP contribution < -0.4 is 5.32 Å². The van der Waals surface area contributed by atoms with Gasteiger partial charge in [-0.3, -0.25) is 10.1 Å². The number of hydrogen-bond donors (Lipinski definition) is 1. The molecule has 9 heteroatoms. The SMILES string of the molecule is C=CC(C)(C)N[C@H](C(=O)N1CCC[C@H]1C1=N[C@H](c2nc(C(=O)OC)c(C)o2)[C@H](C)O1)C(C)C. The Bertz CT molecular complexity index is 935. The highest BCUT2D eigenvalue weighted by Gasteiger charge is 2.43. The number of esters is 1. The molecule has 1 saturated heterocycles. The fourth-order valence-corrected chi connectivity index (χ4v) is 4.22. The summed E-state index contributed by atoms with van der Waals surface area (Å²) < 4.78 is 16.6. The van der Waals surface area contributed by atoms with Crippen molar-refractivity contribution in [2.75, 3.05) is 13.7 Å². The number of carbonyl (C=O) groups is 2. The molecule has 1 aromatic heterocycles. The lowest BCUT2D eigenvalue weighted by Gasteiger charge is -2.35. The Hall–Kier alpha value is -2.68. The lowest BCUT2D eigenvalue weighted by Crippen LogP contribution is -2.57. The number of ether oxygens (including phenoxy) is 2. The third kappa shape index (κ3) is 5.13. The number of aliphatic imine (C=N–C) groups is 1. The maximum atomic E-state index is 13.6. The lowest BCUT2D eigenvalue weighted by molar-refractivity contribution is -0.135. The number of methoxy groups -OCH3 is 1. The molecule has 2 aliphatic rings. The van der Waals surface area contributed by atoms with Crippen molar-refractivity contribution in [2.24, 2.45) is 10.9 Å². The van der Waals surface area contributed by atoms with Crippen molar-refractivity contribution in [1.29, 1.82) is 0 Å². The first-order valence-corrected chi connectivity index (χ1v) is 11.5. The highest BCUT2D eigenvalue weighted by molar-refractivity contribution is 5.91. The summed E-state index contributed by atoms with van der Waals surface area (Å²) in [4.78, 5) is 36.4. The van der Waals surface area contributed by atoms with Crippen molar-refractivity contribution < 1.29 is 23.5 Å². The topological polar surface area (TPSA) is 106 Å². The quantitative estimate of drug-likeness (QED) is 0.469. The summed E-state index contributed by atoms with van der Waals surface area (Å²) >= 11 is 0. The first kappa shape index (κ1) is 25.0. The van der Waals surface area contributed by atoms with Gasteiger partial charge in [-0.25, -0.2) is 14.8 Å². The van der Waals surface area contributed by atoms with Gasteiger partial charge >= 0.3 is 5.97 Å². The molecule has 0 saturated carbocycles. The van der Waals surface area contributed by atoms with E-state index in [2.05, 4.69) is 16.9 Å². The van der Waals surface area contributed by atoms with E-state index in [0.717, 1.165) is 12.8 Å². The largest absolute Gasteiger partial charge is 0.474 e. The first-order chi connectivity index (χ1) is 15.5. The second-order valence-electron chi connectivity index (χ2n) is 9.67. The van der Waals surface area contributed by atoms with Crippen molar-refractivity contribution in [3.8, 4) is 0 Å². The summed E-state index contributed by atoms with van der Waals surface area (Å²) in [7, 11) is 1.30. The molecule has 33 heavy (non-hydrogen) atoms. The maximum Gasteiger partial charge on any atom is 0.360 e. The minimum atomic E-state index is -0.555. The number of aryl methyl sites for hydroxylation is 1. The number of likely N-dealkylation sites (tertiary alicyclic amines) is 1. The molecule has 0 unspecified atom stereocenters. The van der Waals surface area contributed by atoms with E-state index in [9.17, 15) is 9.59 Å². The van der Waals surface area contributed by atoms with Gasteiger partial charge in [0.15, 0.2) is 11.7 Å². The van der Waals surface area contributed by atoms with Gasteiger partial charge in [0.2, 0.25) is 17.7 Å². The average Bonchev–Trinajstić information content (AvgIpc) is 3.48. The summed E-state index contributed by atoms with van der Waals surface area (Å²) in [6.45, 7) is 16.1. The van der Waals surface area contributed by atoms with E-state index in [1.54, 1.807) is 6.92 Å². The summed E-state index contributed by atoms with van der Waals surface area (Å²) in [5.74, 6) is 0.773. The molecule has 1 fully saturated rings. The molecule has 182 valence electrons. The van der Waals surface area contributed by atoms with Gasteiger partial charge in [0.05, 0.1) is 13.2 Å². The molecule has 0 aromatic carbocycles. The fraction of sp³-hybridized carbons (Fsp3) is 0.667. The zero-order valence-electron chi connectivity index (χ0n) is 20.7. The predicted molar refractivity (Wildman–Crippen MR) is 124 cm³/mol. The van der Waals surface area contributed by atoms with Crippen LogP contribution in [-0.2, 0) is 14.3 Å². The number of hydrogen-bond acceptors (Lipinski definition) is 8. The van der Waals surface area contributed by atoms with Gasteiger partial charge in [0.25, 0.3) is 0 Å². The van der Waals surface area contributed by atoms with Crippen LogP contribution in [0.3, 0.4) is 0 Å². The maximum absolute atomic E-state index is 13.6. The lowest BCUT2D eigenvalue weighted by atomic mass is 9.97. The fourth-order valence-electron chi connectivity index (χ4n) is 4.22. The van der Waals surface area contributed by atoms with Crippen molar-refractivity contribution in [3.63, 3.8) is 0 Å². The van der Waals surface area contributed by atoms with Crippen molar-refractivity contribution in [1.82, 2.24) is 15.2 Å². The van der Waals surface area contributed by atoms with Crippen molar-refractivity contribution >= 4 is 17.8 Å². The van der Waals surface area contributed by atoms with E-state index >= 15 is 0 Å². The Morgan fingerprint density at radius 3 is 2.67 bits per heavy atom. The zero-order valence-corrected chi connectivity index (χ0v) is 20.7. The molecular weight excluding hydrogens is 424 g/mol. The van der Waals surface area contributed by atoms with E-state index in [-0.39, 0.29) is 41.2 Å². The molecule has 4 atom stereocenters. The van der Waals surface area contributed by atoms with Gasteiger partial charge < -0.3 is 18.8 Å². The summed E-state index contributed by atoms with van der Waals surface area (Å²) in [5.41, 5.74) is -0.238. The van der Waals surface area contributed by atoms with Gasteiger partial charge in [-0.05, 0) is 46.5 Å². The minimum absolute atomic E-state index is 0.0322. The van der Waals surface area contributed by atoms with Crippen molar-refractivity contribution in [2.45, 2.75) is 84.2 Å². The van der Waals surface area contributed by atoms with E-state index in [4.69, 9.17) is 18.9 Å². The van der Waals surface area contributed by atoms with Crippen LogP contribution in [0.15, 0.2) is 22.1 Å². The molecular formula is C24H36N4O5. The molecule has 1 amide bonds. The van der Waals surface area contributed by atoms with Crippen LogP contribution in [-0.4, -0.2) is 65.0 Å². The number of nitrogens with zero attached hydrogens (tertiary/aromatic N) is 3. The van der Waals surface area contributed by atoms with Crippen LogP contribution >= 0.6 is 0 Å². The Morgan fingerprint density at radius 1 is 1.36 bits per heavy atom. The summed E-state index contributed by atoms with van der Waals surface area (Å²) in [6, 6.07) is -1.09. The number of rotatable bonds is 8. The summed E-state index contributed by atoms with van der Waals surface area (Å²) in [5, 5.41) is 3.44. The van der Waals surface area contributed by atoms with Gasteiger partial charge in [0, 0.05) is 12.1 Å². The Kier molecular flexibility index (Phi) is 7.31. The Morgan fingerprint density at radius 2 is 2.06 bits per heavy atom. The highest BCUT2D eigenvalue weighted by Crippen LogP contribution is 2.34. The van der Waals surface area contributed by atoms with E-state index in [0.29, 0.717) is 24.1 Å². The molecule has 0 radical (unpaired) electrons. The normalized spacial score (nSPS) is 23.9. The number of nitrogens with one attached hydrogen (secondary N) is 1. The number of carbonyl (C=O) groups excluding carboxylic acids is 2. The third-order valence-corrected chi connectivity index (χ3v) is 6.25. The third-order valence-electron chi connectivity index (χ3n) is 6.25. The minimum Gasteiger partial charge on any atom is -0.474 e. The molecule has 3 heterocycles. The molecule has 9 nitrogen and oxygen atoms in total. The molecule has 1 aromatic rings. The number of amides is 1. The van der Waals surface area contributed by atoms with Crippen LogP contribution in [0.25, 0.3) is 0 Å².